The summed E-state index contributed by atoms with van der Waals surface area (Å²) in [5.41, 5.74) is 0. The van der Waals surface area contributed by atoms with E-state index in [0.717, 1.165) is 12.5 Å². The van der Waals surface area contributed by atoms with E-state index in [0.29, 0.717) is 18.1 Å². The maximum Gasteiger partial charge on any atom is 0.0221 e. The second kappa shape index (κ2) is 5.86. The van der Waals surface area contributed by atoms with Crippen molar-refractivity contribution in [1.82, 2.24) is 10.2 Å². The zero-order chi connectivity index (χ0) is 11.4. The van der Waals surface area contributed by atoms with Crippen LogP contribution in [0.3, 0.4) is 0 Å². The van der Waals surface area contributed by atoms with Gasteiger partial charge < -0.3 is 5.32 Å². The molecule has 0 aliphatic heterocycles. The molecule has 0 aromatic heterocycles. The number of hydrogen-bond acceptors (Lipinski definition) is 2. The van der Waals surface area contributed by atoms with Gasteiger partial charge in [-0.05, 0) is 53.0 Å². The van der Waals surface area contributed by atoms with Gasteiger partial charge in [0.2, 0.25) is 0 Å². The quantitative estimate of drug-likeness (QED) is 0.697. The Morgan fingerprint density at radius 2 is 1.80 bits per heavy atom. The summed E-state index contributed by atoms with van der Waals surface area (Å²) in [6.07, 6.45) is 2.90. The van der Waals surface area contributed by atoms with Crippen molar-refractivity contribution >= 4 is 0 Å². The highest BCUT2D eigenvalue weighted by Gasteiger charge is 2.29. The molecule has 0 saturated heterocycles. The van der Waals surface area contributed by atoms with Gasteiger partial charge in [0.05, 0.1) is 0 Å². The zero-order valence-electron chi connectivity index (χ0n) is 11.1. The molecule has 0 aromatic rings. The summed E-state index contributed by atoms with van der Waals surface area (Å²) in [6.45, 7) is 13.8. The van der Waals surface area contributed by atoms with Crippen molar-refractivity contribution in [2.24, 2.45) is 5.92 Å². The minimum absolute atomic E-state index is 0.594. The van der Waals surface area contributed by atoms with Gasteiger partial charge in [0.25, 0.3) is 0 Å². The lowest BCUT2D eigenvalue weighted by atomic mass is 10.1. The summed E-state index contributed by atoms with van der Waals surface area (Å²) in [5.74, 6) is 0.990. The van der Waals surface area contributed by atoms with E-state index in [-0.39, 0.29) is 0 Å². The van der Waals surface area contributed by atoms with E-state index in [2.05, 4.69) is 44.8 Å². The number of nitrogens with one attached hydrogen (secondary N) is 1. The van der Waals surface area contributed by atoms with Crippen molar-refractivity contribution in [1.29, 1.82) is 0 Å². The Morgan fingerprint density at radius 3 is 2.20 bits per heavy atom. The van der Waals surface area contributed by atoms with Crippen LogP contribution < -0.4 is 5.32 Å². The molecule has 0 amide bonds. The van der Waals surface area contributed by atoms with E-state index in [1.807, 2.05) is 0 Å². The standard InChI is InChI=1S/C13H28N2/c1-6-14-11(4)12(5)15(10(2)3)9-13-7-8-13/h10-14H,6-9H2,1-5H3. The van der Waals surface area contributed by atoms with Gasteiger partial charge in [0, 0.05) is 24.7 Å². The van der Waals surface area contributed by atoms with Crippen LogP contribution in [0.1, 0.15) is 47.5 Å². The lowest BCUT2D eigenvalue weighted by molar-refractivity contribution is 0.130. The summed E-state index contributed by atoms with van der Waals surface area (Å²) < 4.78 is 0. The molecule has 2 nitrogen and oxygen atoms in total. The molecule has 1 rings (SSSR count). The third-order valence-corrected chi connectivity index (χ3v) is 3.60. The topological polar surface area (TPSA) is 15.3 Å². The summed E-state index contributed by atoms with van der Waals surface area (Å²) in [4.78, 5) is 2.66. The fraction of sp³-hybridized carbons (Fsp3) is 1.00. The molecule has 0 bridgehead atoms. The molecule has 90 valence electrons. The van der Waals surface area contributed by atoms with Crippen LogP contribution in [0.2, 0.25) is 0 Å². The molecular weight excluding hydrogens is 184 g/mol. The third-order valence-electron chi connectivity index (χ3n) is 3.60. The van der Waals surface area contributed by atoms with Gasteiger partial charge in [0.1, 0.15) is 0 Å². The molecule has 0 spiro atoms. The van der Waals surface area contributed by atoms with Crippen LogP contribution in [0.15, 0.2) is 0 Å². The van der Waals surface area contributed by atoms with Crippen molar-refractivity contribution < 1.29 is 0 Å². The molecule has 1 fully saturated rings. The molecule has 1 saturated carbocycles. The summed E-state index contributed by atoms with van der Waals surface area (Å²) >= 11 is 0. The number of likely N-dealkylation sites (N-methyl/N-ethyl adjacent to an activating group) is 1. The van der Waals surface area contributed by atoms with Gasteiger partial charge in [0.15, 0.2) is 0 Å². The van der Waals surface area contributed by atoms with Crippen LogP contribution in [0, 0.1) is 5.92 Å². The highest BCUT2D eigenvalue weighted by atomic mass is 15.2. The minimum Gasteiger partial charge on any atom is -0.313 e. The molecule has 1 N–H and O–H groups in total. The molecular formula is C13H28N2. The molecule has 1 aliphatic carbocycles. The Morgan fingerprint density at radius 1 is 1.20 bits per heavy atom. The Bertz CT molecular complexity index is 175. The molecule has 0 heterocycles. The third kappa shape index (κ3) is 4.12. The van der Waals surface area contributed by atoms with Crippen LogP contribution >= 0.6 is 0 Å². The minimum atomic E-state index is 0.594. The first-order valence-corrected chi connectivity index (χ1v) is 6.55. The maximum absolute atomic E-state index is 3.53. The Balaban J connectivity index is 2.44. The fourth-order valence-corrected chi connectivity index (χ4v) is 2.23. The van der Waals surface area contributed by atoms with E-state index in [1.165, 1.54) is 19.4 Å². The van der Waals surface area contributed by atoms with Crippen LogP contribution in [0.4, 0.5) is 0 Å². The van der Waals surface area contributed by atoms with Gasteiger partial charge in [-0.25, -0.2) is 0 Å². The van der Waals surface area contributed by atoms with Gasteiger partial charge in [-0.15, -0.1) is 0 Å². The molecule has 2 heteroatoms. The van der Waals surface area contributed by atoms with Gasteiger partial charge >= 0.3 is 0 Å². The second-order valence-corrected chi connectivity index (χ2v) is 5.32. The fourth-order valence-electron chi connectivity index (χ4n) is 2.23. The van der Waals surface area contributed by atoms with Crippen LogP contribution in [-0.2, 0) is 0 Å². The first kappa shape index (κ1) is 13.0. The maximum atomic E-state index is 3.53. The summed E-state index contributed by atoms with van der Waals surface area (Å²) in [7, 11) is 0. The lowest BCUT2D eigenvalue weighted by Gasteiger charge is -2.36. The van der Waals surface area contributed by atoms with Crippen molar-refractivity contribution in [2.45, 2.75) is 65.6 Å². The zero-order valence-corrected chi connectivity index (χ0v) is 11.1. The van der Waals surface area contributed by atoms with Crippen LogP contribution in [0.5, 0.6) is 0 Å². The molecule has 0 radical (unpaired) electrons. The van der Waals surface area contributed by atoms with Gasteiger partial charge in [-0.2, -0.15) is 0 Å². The SMILES string of the molecule is CCNC(C)C(C)N(CC1CC1)C(C)C. The highest BCUT2D eigenvalue weighted by Crippen LogP contribution is 2.31. The Labute approximate surface area is 95.4 Å². The van der Waals surface area contributed by atoms with Gasteiger partial charge in [-0.1, -0.05) is 6.92 Å². The first-order valence-electron chi connectivity index (χ1n) is 6.55. The molecule has 0 aromatic carbocycles. The predicted octanol–water partition coefficient (Wildman–Crippen LogP) is 2.49. The van der Waals surface area contributed by atoms with Crippen LogP contribution in [-0.4, -0.2) is 36.1 Å². The smallest absolute Gasteiger partial charge is 0.0221 e. The highest BCUT2D eigenvalue weighted by molar-refractivity contribution is 4.85. The molecule has 2 unspecified atom stereocenters. The average Bonchev–Trinajstić information content (AvgIpc) is 2.96. The lowest BCUT2D eigenvalue weighted by Crippen LogP contribution is -2.50. The van der Waals surface area contributed by atoms with E-state index in [9.17, 15) is 0 Å². The monoisotopic (exact) mass is 212 g/mol. The van der Waals surface area contributed by atoms with Crippen molar-refractivity contribution in [3.8, 4) is 0 Å². The van der Waals surface area contributed by atoms with E-state index < -0.39 is 0 Å². The number of nitrogens with zero attached hydrogens (tertiary/aromatic N) is 1. The molecule has 2 atom stereocenters. The first-order chi connectivity index (χ1) is 7.06. The van der Waals surface area contributed by atoms with E-state index in [1.54, 1.807) is 0 Å². The normalized spacial score (nSPS) is 21.0. The Kier molecular flexibility index (Phi) is 5.07. The van der Waals surface area contributed by atoms with Gasteiger partial charge in [-0.3, -0.25) is 4.90 Å². The largest absolute Gasteiger partial charge is 0.313 e. The number of hydrogen-bond donors (Lipinski definition) is 1. The van der Waals surface area contributed by atoms with Crippen molar-refractivity contribution in [3.05, 3.63) is 0 Å². The molecule has 15 heavy (non-hydrogen) atoms. The predicted molar refractivity (Wildman–Crippen MR) is 67.2 cm³/mol. The number of rotatable bonds is 7. The van der Waals surface area contributed by atoms with E-state index in [4.69, 9.17) is 0 Å². The Hall–Kier alpha value is -0.0800. The summed E-state index contributed by atoms with van der Waals surface area (Å²) in [5, 5.41) is 3.53. The summed E-state index contributed by atoms with van der Waals surface area (Å²) in [6, 6.07) is 1.91. The van der Waals surface area contributed by atoms with E-state index >= 15 is 0 Å². The average molecular weight is 212 g/mol. The second-order valence-electron chi connectivity index (χ2n) is 5.32. The van der Waals surface area contributed by atoms with Crippen molar-refractivity contribution in [2.75, 3.05) is 13.1 Å². The van der Waals surface area contributed by atoms with Crippen molar-refractivity contribution in [3.63, 3.8) is 0 Å². The molecule has 1 aliphatic rings. The van der Waals surface area contributed by atoms with Crippen LogP contribution in [0.25, 0.3) is 0 Å².